The van der Waals surface area contributed by atoms with Crippen molar-refractivity contribution >= 4 is 17.8 Å². The van der Waals surface area contributed by atoms with Crippen LogP contribution >= 0.6 is 0 Å². The second-order valence-electron chi connectivity index (χ2n) is 5.03. The Balaban J connectivity index is 2.50. The van der Waals surface area contributed by atoms with Gasteiger partial charge in [0.1, 0.15) is 0 Å². The van der Waals surface area contributed by atoms with Gasteiger partial charge in [-0.15, -0.1) is 0 Å². The number of ether oxygens (including phenoxy) is 2. The molecular formula is C13H22N2O6. The first-order chi connectivity index (χ1) is 9.93. The monoisotopic (exact) mass is 302 g/mol. The molecule has 0 unspecified atom stereocenters. The highest BCUT2D eigenvalue weighted by atomic mass is 16.5. The summed E-state index contributed by atoms with van der Waals surface area (Å²) in [6.07, 6.45) is 3.61. The van der Waals surface area contributed by atoms with Gasteiger partial charge in [-0.05, 0) is 12.8 Å². The van der Waals surface area contributed by atoms with Gasteiger partial charge in [-0.2, -0.15) is 0 Å². The number of aliphatic carboxylic acids is 1. The Kier molecular flexibility index (Phi) is 7.10. The molecule has 4 N–H and O–H groups in total. The van der Waals surface area contributed by atoms with Gasteiger partial charge >= 0.3 is 11.9 Å². The first kappa shape index (κ1) is 17.4. The van der Waals surface area contributed by atoms with E-state index in [1.54, 1.807) is 0 Å². The van der Waals surface area contributed by atoms with Gasteiger partial charge in [0.05, 0.1) is 32.3 Å². The summed E-state index contributed by atoms with van der Waals surface area (Å²) < 4.78 is 10.2. The summed E-state index contributed by atoms with van der Waals surface area (Å²) in [6.45, 7) is -0.0110. The number of rotatable bonds is 8. The van der Waals surface area contributed by atoms with E-state index < -0.39 is 36.4 Å². The molecule has 8 nitrogen and oxygen atoms in total. The van der Waals surface area contributed by atoms with Crippen molar-refractivity contribution < 1.29 is 29.0 Å². The van der Waals surface area contributed by atoms with Crippen LogP contribution < -0.4 is 11.1 Å². The summed E-state index contributed by atoms with van der Waals surface area (Å²) in [6, 6.07) is -2.20. The van der Waals surface area contributed by atoms with E-state index in [1.807, 2.05) is 0 Å². The summed E-state index contributed by atoms with van der Waals surface area (Å²) in [7, 11) is 1.20. The van der Waals surface area contributed by atoms with Crippen LogP contribution in [0.15, 0.2) is 0 Å². The number of nitrogens with two attached hydrogens (primary N) is 1. The van der Waals surface area contributed by atoms with Crippen LogP contribution in [0.5, 0.6) is 0 Å². The minimum absolute atomic E-state index is 0.0110. The number of amides is 1. The maximum atomic E-state index is 11.7. The van der Waals surface area contributed by atoms with Gasteiger partial charge in [0.25, 0.3) is 0 Å². The Labute approximate surface area is 123 Å². The number of hydrogen-bond donors (Lipinski definition) is 3. The number of carboxylic acid groups (broad SMARTS) is 1. The van der Waals surface area contributed by atoms with E-state index in [2.05, 4.69) is 10.1 Å². The van der Waals surface area contributed by atoms with Gasteiger partial charge in [-0.1, -0.05) is 12.8 Å². The third-order valence-electron chi connectivity index (χ3n) is 3.33. The Bertz CT molecular complexity index is 381. The number of carbonyl (C=O) groups excluding carboxylic acids is 2. The molecule has 120 valence electrons. The third-order valence-corrected chi connectivity index (χ3v) is 3.33. The minimum Gasteiger partial charge on any atom is -0.481 e. The van der Waals surface area contributed by atoms with Crippen molar-refractivity contribution in [3.8, 4) is 0 Å². The molecule has 1 aliphatic carbocycles. The van der Waals surface area contributed by atoms with E-state index in [9.17, 15) is 14.4 Å². The zero-order valence-electron chi connectivity index (χ0n) is 12.0. The average molecular weight is 302 g/mol. The Hall–Kier alpha value is -1.67. The number of carbonyl (C=O) groups is 3. The van der Waals surface area contributed by atoms with E-state index in [-0.39, 0.29) is 12.7 Å². The molecule has 0 saturated heterocycles. The highest BCUT2D eigenvalue weighted by Crippen LogP contribution is 2.20. The number of nitrogens with one attached hydrogen (secondary N) is 1. The fraction of sp³-hybridized carbons (Fsp3) is 0.769. The van der Waals surface area contributed by atoms with Crippen LogP contribution in [-0.2, 0) is 23.9 Å². The molecule has 21 heavy (non-hydrogen) atoms. The standard InChI is InChI=1S/C13H22N2O6/c1-20-13(19)10(7-21-8-4-2-3-5-8)15-12(18)9(14)6-11(16)17/h8-10H,2-7,14H2,1H3,(H,15,18)(H,16,17)/t9-,10-/m0/s1. The number of methoxy groups -OCH3 is 1. The molecule has 1 rings (SSSR count). The molecule has 8 heteroatoms. The number of esters is 1. The molecule has 1 amide bonds. The predicted octanol–water partition coefficient (Wildman–Crippen LogP) is -0.595. The van der Waals surface area contributed by atoms with Gasteiger partial charge in [0.2, 0.25) is 5.91 Å². The van der Waals surface area contributed by atoms with E-state index in [4.69, 9.17) is 15.6 Å². The molecule has 1 saturated carbocycles. The van der Waals surface area contributed by atoms with Gasteiger partial charge in [0.15, 0.2) is 6.04 Å². The van der Waals surface area contributed by atoms with Crippen molar-refractivity contribution in [3.63, 3.8) is 0 Å². The van der Waals surface area contributed by atoms with E-state index in [0.717, 1.165) is 25.7 Å². The lowest BCUT2D eigenvalue weighted by atomic mass is 10.2. The van der Waals surface area contributed by atoms with Crippen LogP contribution in [0.25, 0.3) is 0 Å². The van der Waals surface area contributed by atoms with Crippen molar-refractivity contribution in [3.05, 3.63) is 0 Å². The van der Waals surface area contributed by atoms with E-state index >= 15 is 0 Å². The van der Waals surface area contributed by atoms with Gasteiger partial charge in [-0.3, -0.25) is 9.59 Å². The molecular weight excluding hydrogens is 280 g/mol. The van der Waals surface area contributed by atoms with Crippen LogP contribution in [0.3, 0.4) is 0 Å². The first-order valence-electron chi connectivity index (χ1n) is 6.91. The van der Waals surface area contributed by atoms with E-state index in [1.165, 1.54) is 7.11 Å². The molecule has 0 aromatic carbocycles. The van der Waals surface area contributed by atoms with Crippen molar-refractivity contribution in [1.29, 1.82) is 0 Å². The summed E-state index contributed by atoms with van der Waals surface area (Å²) in [5.41, 5.74) is 5.44. The van der Waals surface area contributed by atoms with Crippen LogP contribution in [0.1, 0.15) is 32.1 Å². The summed E-state index contributed by atoms with van der Waals surface area (Å²) in [5.74, 6) is -2.55. The Morgan fingerprint density at radius 2 is 1.95 bits per heavy atom. The third kappa shape index (κ3) is 6.09. The second kappa shape index (κ2) is 8.58. The lowest BCUT2D eigenvalue weighted by Gasteiger charge is -2.20. The minimum atomic E-state index is -1.22. The molecule has 0 bridgehead atoms. The number of carboxylic acids is 1. The Morgan fingerprint density at radius 1 is 1.33 bits per heavy atom. The molecule has 0 heterocycles. The topological polar surface area (TPSA) is 128 Å². The summed E-state index contributed by atoms with van der Waals surface area (Å²) in [5, 5.41) is 11.0. The largest absolute Gasteiger partial charge is 0.481 e. The predicted molar refractivity (Wildman–Crippen MR) is 72.4 cm³/mol. The summed E-state index contributed by atoms with van der Waals surface area (Å²) in [4.78, 5) is 33.9. The van der Waals surface area contributed by atoms with E-state index in [0.29, 0.717) is 0 Å². The fourth-order valence-electron chi connectivity index (χ4n) is 2.16. The lowest BCUT2D eigenvalue weighted by Crippen LogP contribution is -2.51. The molecule has 0 aliphatic heterocycles. The maximum absolute atomic E-state index is 11.7. The molecule has 1 aliphatic rings. The van der Waals surface area contributed by atoms with Gasteiger partial charge in [-0.25, -0.2) is 4.79 Å². The van der Waals surface area contributed by atoms with Crippen molar-refractivity contribution in [1.82, 2.24) is 5.32 Å². The molecule has 0 radical (unpaired) electrons. The second-order valence-corrected chi connectivity index (χ2v) is 5.03. The molecule has 0 aromatic rings. The first-order valence-corrected chi connectivity index (χ1v) is 6.91. The quantitative estimate of drug-likeness (QED) is 0.511. The van der Waals surface area contributed by atoms with Crippen molar-refractivity contribution in [2.45, 2.75) is 50.3 Å². The normalized spacial score (nSPS) is 18.0. The highest BCUT2D eigenvalue weighted by Gasteiger charge is 2.27. The maximum Gasteiger partial charge on any atom is 0.330 e. The fourth-order valence-corrected chi connectivity index (χ4v) is 2.16. The van der Waals surface area contributed by atoms with Crippen LogP contribution in [0.4, 0.5) is 0 Å². The number of hydrogen-bond acceptors (Lipinski definition) is 6. The van der Waals surface area contributed by atoms with Gasteiger partial charge < -0.3 is 25.6 Å². The van der Waals surface area contributed by atoms with Gasteiger partial charge in [0, 0.05) is 0 Å². The lowest BCUT2D eigenvalue weighted by molar-refractivity contribution is -0.147. The summed E-state index contributed by atoms with van der Waals surface area (Å²) >= 11 is 0. The zero-order valence-corrected chi connectivity index (χ0v) is 12.0. The van der Waals surface area contributed by atoms with Crippen molar-refractivity contribution in [2.24, 2.45) is 5.73 Å². The molecule has 2 atom stereocenters. The van der Waals surface area contributed by atoms with Crippen LogP contribution in [-0.4, -0.2) is 54.9 Å². The highest BCUT2D eigenvalue weighted by molar-refractivity contribution is 5.89. The molecule has 0 spiro atoms. The smallest absolute Gasteiger partial charge is 0.330 e. The van der Waals surface area contributed by atoms with Crippen LogP contribution in [0, 0.1) is 0 Å². The van der Waals surface area contributed by atoms with Crippen molar-refractivity contribution in [2.75, 3.05) is 13.7 Å². The zero-order chi connectivity index (χ0) is 15.8. The average Bonchev–Trinajstić information content (AvgIpc) is 2.94. The van der Waals surface area contributed by atoms with Crippen LogP contribution in [0.2, 0.25) is 0 Å². The molecule has 0 aromatic heterocycles. The SMILES string of the molecule is COC(=O)[C@H](COC1CCCC1)NC(=O)[C@@H](N)CC(=O)O. The Morgan fingerprint density at radius 3 is 2.48 bits per heavy atom. The molecule has 1 fully saturated rings.